The second-order valence-electron chi connectivity index (χ2n) is 5.46. The maximum Gasteiger partial charge on any atom is 0.303 e. The highest BCUT2D eigenvalue weighted by atomic mass is 16.5. The molecule has 0 aliphatic heterocycles. The number of hydrogen-bond donors (Lipinski definition) is 3. The van der Waals surface area contributed by atoms with Crippen molar-refractivity contribution in [3.8, 4) is 11.5 Å². The lowest BCUT2D eigenvalue weighted by atomic mass is 9.66. The summed E-state index contributed by atoms with van der Waals surface area (Å²) in [5, 5.41) is 21.1. The third-order valence-corrected chi connectivity index (χ3v) is 3.83. The topological polar surface area (TPSA) is 95.9 Å². The van der Waals surface area contributed by atoms with Gasteiger partial charge in [0.2, 0.25) is 0 Å². The van der Waals surface area contributed by atoms with E-state index < -0.39 is 5.97 Å². The highest BCUT2D eigenvalue weighted by Crippen LogP contribution is 2.43. The van der Waals surface area contributed by atoms with Gasteiger partial charge in [0.1, 0.15) is 0 Å². The van der Waals surface area contributed by atoms with Gasteiger partial charge in [-0.05, 0) is 30.4 Å². The Bertz CT molecular complexity index is 525. The number of para-hydroxylation sites is 2. The first-order chi connectivity index (χ1) is 10.0. The summed E-state index contributed by atoms with van der Waals surface area (Å²) < 4.78 is 5.22. The van der Waals surface area contributed by atoms with Crippen LogP contribution in [0.25, 0.3) is 0 Å². The molecule has 0 aromatic heterocycles. The molecule has 1 aliphatic carbocycles. The van der Waals surface area contributed by atoms with E-state index in [0.717, 1.165) is 19.3 Å². The molecule has 0 heterocycles. The maximum absolute atomic E-state index is 11.7. The number of hydrogen-bond acceptors (Lipinski definition) is 4. The number of carboxylic acids is 1. The van der Waals surface area contributed by atoms with Crippen LogP contribution in [0.5, 0.6) is 11.5 Å². The second-order valence-corrected chi connectivity index (χ2v) is 5.46. The number of carbonyl (C=O) groups is 2. The summed E-state index contributed by atoms with van der Waals surface area (Å²) >= 11 is 0. The van der Waals surface area contributed by atoms with Crippen LogP contribution < -0.4 is 10.1 Å². The van der Waals surface area contributed by atoms with Gasteiger partial charge in [-0.3, -0.25) is 9.59 Å². The van der Waals surface area contributed by atoms with Crippen LogP contribution in [0.15, 0.2) is 24.3 Å². The highest BCUT2D eigenvalue weighted by Gasteiger charge is 2.39. The normalized spacial score (nSPS) is 15.8. The molecule has 114 valence electrons. The zero-order chi connectivity index (χ0) is 15.3. The summed E-state index contributed by atoms with van der Waals surface area (Å²) in [5.74, 6) is -0.937. The summed E-state index contributed by atoms with van der Waals surface area (Å²) in [4.78, 5) is 22.6. The van der Waals surface area contributed by atoms with Gasteiger partial charge in [-0.1, -0.05) is 18.6 Å². The third-order valence-electron chi connectivity index (χ3n) is 3.83. The molecule has 1 aliphatic rings. The Kier molecular flexibility index (Phi) is 4.67. The molecule has 1 aromatic rings. The molecule has 3 N–H and O–H groups in total. The fraction of sp³-hybridized carbons (Fsp3) is 0.467. The first-order valence-electron chi connectivity index (χ1n) is 6.90. The van der Waals surface area contributed by atoms with Crippen LogP contribution in [0.2, 0.25) is 0 Å². The Morgan fingerprint density at radius 2 is 2.00 bits per heavy atom. The minimum Gasteiger partial charge on any atom is -0.504 e. The molecule has 1 aromatic carbocycles. The summed E-state index contributed by atoms with van der Waals surface area (Å²) in [5.41, 5.74) is -0.309. The van der Waals surface area contributed by atoms with E-state index in [1.54, 1.807) is 18.2 Å². The van der Waals surface area contributed by atoms with Crippen molar-refractivity contribution in [1.29, 1.82) is 0 Å². The minimum atomic E-state index is -0.839. The molecule has 1 fully saturated rings. The molecule has 2 rings (SSSR count). The molecule has 0 atom stereocenters. The van der Waals surface area contributed by atoms with Gasteiger partial charge < -0.3 is 20.3 Å². The number of carbonyl (C=O) groups excluding carboxylic acids is 1. The van der Waals surface area contributed by atoms with Gasteiger partial charge in [-0.2, -0.15) is 0 Å². The number of phenolic OH excluding ortho intramolecular Hbond substituents is 1. The van der Waals surface area contributed by atoms with Crippen LogP contribution in [0.4, 0.5) is 0 Å². The van der Waals surface area contributed by atoms with Crippen LogP contribution in [-0.4, -0.2) is 35.2 Å². The SMILES string of the molecule is O=C(O)CC1(CNC(=O)COc2ccccc2O)CCC1. The van der Waals surface area contributed by atoms with Crippen molar-refractivity contribution in [1.82, 2.24) is 5.32 Å². The number of aromatic hydroxyl groups is 1. The lowest BCUT2D eigenvalue weighted by molar-refractivity contribution is -0.142. The van der Waals surface area contributed by atoms with E-state index in [4.69, 9.17) is 9.84 Å². The summed E-state index contributed by atoms with van der Waals surface area (Å²) in [6.45, 7) is 0.142. The summed E-state index contributed by atoms with van der Waals surface area (Å²) in [6, 6.07) is 6.40. The lowest BCUT2D eigenvalue weighted by Gasteiger charge is -2.40. The van der Waals surface area contributed by atoms with Crippen molar-refractivity contribution < 1.29 is 24.5 Å². The van der Waals surface area contributed by atoms with Crippen LogP contribution in [0, 0.1) is 5.41 Å². The Hall–Kier alpha value is -2.24. The fourth-order valence-electron chi connectivity index (χ4n) is 2.47. The average Bonchev–Trinajstić information content (AvgIpc) is 2.40. The number of ether oxygens (including phenoxy) is 1. The molecular weight excluding hydrogens is 274 g/mol. The van der Waals surface area contributed by atoms with Gasteiger partial charge in [0.15, 0.2) is 18.1 Å². The van der Waals surface area contributed by atoms with Gasteiger partial charge in [0.25, 0.3) is 5.91 Å². The van der Waals surface area contributed by atoms with E-state index in [9.17, 15) is 14.7 Å². The van der Waals surface area contributed by atoms with Crippen LogP contribution in [0.3, 0.4) is 0 Å². The van der Waals surface area contributed by atoms with Crippen LogP contribution in [0.1, 0.15) is 25.7 Å². The Labute approximate surface area is 122 Å². The zero-order valence-corrected chi connectivity index (χ0v) is 11.7. The number of rotatable bonds is 7. The maximum atomic E-state index is 11.7. The Balaban J connectivity index is 1.77. The fourth-order valence-corrected chi connectivity index (χ4v) is 2.47. The third kappa shape index (κ3) is 4.11. The largest absolute Gasteiger partial charge is 0.504 e. The zero-order valence-electron chi connectivity index (χ0n) is 11.7. The smallest absolute Gasteiger partial charge is 0.303 e. The minimum absolute atomic E-state index is 0.0216. The first kappa shape index (κ1) is 15.2. The molecular formula is C15H19NO5. The molecule has 0 saturated heterocycles. The van der Waals surface area contributed by atoms with Crippen molar-refractivity contribution >= 4 is 11.9 Å². The van der Waals surface area contributed by atoms with Gasteiger partial charge in [-0.25, -0.2) is 0 Å². The molecule has 0 radical (unpaired) electrons. The molecule has 0 spiro atoms. The van der Waals surface area contributed by atoms with Crippen LogP contribution in [-0.2, 0) is 9.59 Å². The van der Waals surface area contributed by atoms with Crippen molar-refractivity contribution in [2.75, 3.05) is 13.2 Å². The number of aliphatic carboxylic acids is 1. The molecule has 0 unspecified atom stereocenters. The quantitative estimate of drug-likeness (QED) is 0.708. The van der Waals surface area contributed by atoms with E-state index in [0.29, 0.717) is 6.54 Å². The summed E-state index contributed by atoms with van der Waals surface area (Å²) in [7, 11) is 0. The monoisotopic (exact) mass is 293 g/mol. The standard InChI is InChI=1S/C15H19NO5/c17-11-4-1-2-5-12(11)21-9-13(18)16-10-15(6-3-7-15)8-14(19)20/h1-2,4-5,17H,3,6-10H2,(H,16,18)(H,19,20). The lowest BCUT2D eigenvalue weighted by Crippen LogP contribution is -2.44. The van der Waals surface area contributed by atoms with Crippen molar-refractivity contribution in [2.24, 2.45) is 5.41 Å². The average molecular weight is 293 g/mol. The molecule has 1 amide bonds. The number of carboxylic acid groups (broad SMARTS) is 1. The van der Waals surface area contributed by atoms with E-state index in [2.05, 4.69) is 5.32 Å². The predicted octanol–water partition coefficient (Wildman–Crippen LogP) is 1.53. The molecule has 0 bridgehead atoms. The predicted molar refractivity (Wildman–Crippen MR) is 75.1 cm³/mol. The molecule has 21 heavy (non-hydrogen) atoms. The van der Waals surface area contributed by atoms with Crippen molar-refractivity contribution in [3.05, 3.63) is 24.3 Å². The number of nitrogens with one attached hydrogen (secondary N) is 1. The van der Waals surface area contributed by atoms with Crippen molar-refractivity contribution in [2.45, 2.75) is 25.7 Å². The van der Waals surface area contributed by atoms with Gasteiger partial charge in [0, 0.05) is 6.54 Å². The first-order valence-corrected chi connectivity index (χ1v) is 6.90. The second kappa shape index (κ2) is 6.47. The number of amides is 1. The van der Waals surface area contributed by atoms with E-state index in [1.807, 2.05) is 0 Å². The Morgan fingerprint density at radius 1 is 1.29 bits per heavy atom. The van der Waals surface area contributed by atoms with Gasteiger partial charge in [0.05, 0.1) is 6.42 Å². The highest BCUT2D eigenvalue weighted by molar-refractivity contribution is 5.77. The van der Waals surface area contributed by atoms with Gasteiger partial charge in [-0.15, -0.1) is 0 Å². The van der Waals surface area contributed by atoms with Gasteiger partial charge >= 0.3 is 5.97 Å². The molecule has 1 saturated carbocycles. The Morgan fingerprint density at radius 3 is 2.57 bits per heavy atom. The van der Waals surface area contributed by atoms with E-state index >= 15 is 0 Å². The van der Waals surface area contributed by atoms with E-state index in [-0.39, 0.29) is 35.8 Å². The molecule has 6 heteroatoms. The van der Waals surface area contributed by atoms with E-state index in [1.165, 1.54) is 6.07 Å². The molecule has 6 nitrogen and oxygen atoms in total. The number of benzene rings is 1. The number of phenols is 1. The van der Waals surface area contributed by atoms with Crippen molar-refractivity contribution in [3.63, 3.8) is 0 Å². The van der Waals surface area contributed by atoms with Crippen LogP contribution >= 0.6 is 0 Å². The summed E-state index contributed by atoms with van der Waals surface area (Å²) in [6.07, 6.45) is 2.71.